The molecule has 0 saturated heterocycles. The molecule has 12 aromatic carbocycles. The molecule has 1 aromatic heterocycles. The van der Waals surface area contributed by atoms with E-state index in [4.69, 9.17) is 0 Å². The van der Waals surface area contributed by atoms with E-state index in [1.165, 1.54) is 103 Å². The number of hydrogen-bond donors (Lipinski definition) is 0. The van der Waals surface area contributed by atoms with Crippen LogP contribution >= 0.6 is 11.3 Å². The zero-order chi connectivity index (χ0) is 46.9. The van der Waals surface area contributed by atoms with Gasteiger partial charge in [0.05, 0.1) is 11.1 Å². The molecule has 0 bridgehead atoms. The highest BCUT2D eigenvalue weighted by Gasteiger charge is 2.46. The Hall–Kier alpha value is -8.82. The first-order valence-corrected chi connectivity index (χ1v) is 25.3. The molecule has 332 valence electrons. The predicted octanol–water partition coefficient (Wildman–Crippen LogP) is 19.2. The maximum atomic E-state index is 2.49. The Bertz CT molecular complexity index is 4120. The van der Waals surface area contributed by atoms with Crippen molar-refractivity contribution in [2.45, 2.75) is 5.41 Å². The van der Waals surface area contributed by atoms with Gasteiger partial charge in [-0.15, -0.1) is 11.3 Å². The lowest BCUT2D eigenvalue weighted by Gasteiger charge is -2.34. The minimum absolute atomic E-state index is 0.489. The minimum Gasteiger partial charge on any atom is -0.310 e. The molecular weight excluding hydrogens is 875 g/mol. The van der Waals surface area contributed by atoms with E-state index in [-0.39, 0.29) is 0 Å². The van der Waals surface area contributed by atoms with Gasteiger partial charge in [-0.1, -0.05) is 231 Å². The standard InChI is InChI=1S/C69H45NS/c1-3-23-51(24-4-1)69(52-25-5-2-6-26-52)63-34-13-11-30-59(63)60-41-38-50(45-64(60)69)49-22-15-27-54(44-49)70(53-39-36-48(37-40-53)56-32-16-20-46-18-7-9-28-55(46)56)65-43-42-61(58-33-17-21-47-19-8-10-29-57(47)58)68-67(65)62-31-12-14-35-66(62)71-68/h1-45H. The summed E-state index contributed by atoms with van der Waals surface area (Å²) in [7, 11) is 0. The van der Waals surface area contributed by atoms with Crippen LogP contribution < -0.4 is 4.90 Å². The fourth-order valence-electron chi connectivity index (χ4n) is 11.8. The van der Waals surface area contributed by atoms with E-state index in [1.54, 1.807) is 0 Å². The van der Waals surface area contributed by atoms with Crippen molar-refractivity contribution < 1.29 is 0 Å². The molecule has 13 aromatic rings. The van der Waals surface area contributed by atoms with Gasteiger partial charge < -0.3 is 4.90 Å². The molecule has 1 aliphatic carbocycles. The van der Waals surface area contributed by atoms with Crippen LogP contribution in [0.4, 0.5) is 17.1 Å². The van der Waals surface area contributed by atoms with Crippen LogP contribution in [-0.2, 0) is 5.41 Å². The summed E-state index contributed by atoms with van der Waals surface area (Å²) in [6.07, 6.45) is 0. The largest absolute Gasteiger partial charge is 0.310 e. The van der Waals surface area contributed by atoms with Crippen molar-refractivity contribution in [2.75, 3.05) is 4.90 Å². The van der Waals surface area contributed by atoms with Gasteiger partial charge in [0.25, 0.3) is 0 Å². The van der Waals surface area contributed by atoms with Crippen LogP contribution in [0.25, 0.3) is 86.2 Å². The monoisotopic (exact) mass is 919 g/mol. The fourth-order valence-corrected chi connectivity index (χ4v) is 13.1. The maximum Gasteiger partial charge on any atom is 0.0713 e. The molecule has 1 aliphatic rings. The van der Waals surface area contributed by atoms with Crippen LogP contribution in [0.3, 0.4) is 0 Å². The first-order chi connectivity index (χ1) is 35.2. The van der Waals surface area contributed by atoms with Crippen molar-refractivity contribution in [3.05, 3.63) is 295 Å². The summed E-state index contributed by atoms with van der Waals surface area (Å²) in [6, 6.07) is 101. The highest BCUT2D eigenvalue weighted by Crippen LogP contribution is 2.57. The number of rotatable bonds is 8. The molecule has 14 rings (SSSR count). The summed E-state index contributed by atoms with van der Waals surface area (Å²) in [5.41, 5.74) is 17.8. The normalized spacial score (nSPS) is 12.6. The molecule has 71 heavy (non-hydrogen) atoms. The van der Waals surface area contributed by atoms with Gasteiger partial charge in [-0.3, -0.25) is 0 Å². The minimum atomic E-state index is -0.489. The van der Waals surface area contributed by atoms with Gasteiger partial charge in [0, 0.05) is 37.1 Å². The molecule has 0 radical (unpaired) electrons. The highest BCUT2D eigenvalue weighted by molar-refractivity contribution is 7.26. The Balaban J connectivity index is 0.983. The van der Waals surface area contributed by atoms with Crippen LogP contribution in [0.15, 0.2) is 273 Å². The molecule has 0 aliphatic heterocycles. The lowest BCUT2D eigenvalue weighted by atomic mass is 9.67. The van der Waals surface area contributed by atoms with Gasteiger partial charge in [-0.05, 0) is 125 Å². The molecule has 0 unspecified atom stereocenters. The predicted molar refractivity (Wildman–Crippen MR) is 303 cm³/mol. The van der Waals surface area contributed by atoms with E-state index < -0.39 is 5.41 Å². The second kappa shape index (κ2) is 16.7. The SMILES string of the molecule is c1ccc(C2(c3ccccc3)c3ccccc3-c3ccc(-c4cccc(N(c5ccc(-c6cccc7ccccc67)cc5)c5ccc(-c6cccc7ccccc67)c6sc7ccccc7c56)c4)cc32)cc1. The molecule has 0 amide bonds. The summed E-state index contributed by atoms with van der Waals surface area (Å²) in [4.78, 5) is 2.49. The molecular formula is C69H45NS. The molecule has 0 N–H and O–H groups in total. The van der Waals surface area contributed by atoms with Gasteiger partial charge in [0.15, 0.2) is 0 Å². The van der Waals surface area contributed by atoms with Gasteiger partial charge in [-0.2, -0.15) is 0 Å². The Labute approximate surface area is 417 Å². The summed E-state index contributed by atoms with van der Waals surface area (Å²) in [5, 5.41) is 7.51. The van der Waals surface area contributed by atoms with Crippen molar-refractivity contribution in [1.29, 1.82) is 0 Å². The maximum absolute atomic E-state index is 2.49. The zero-order valence-electron chi connectivity index (χ0n) is 38.8. The first kappa shape index (κ1) is 41.2. The third kappa shape index (κ3) is 6.53. The van der Waals surface area contributed by atoms with E-state index in [1.807, 2.05) is 11.3 Å². The fraction of sp³-hybridized carbons (Fsp3) is 0.0145. The van der Waals surface area contributed by atoms with Crippen molar-refractivity contribution >= 4 is 70.1 Å². The number of anilines is 3. The van der Waals surface area contributed by atoms with Gasteiger partial charge in [-0.25, -0.2) is 0 Å². The topological polar surface area (TPSA) is 3.24 Å². The van der Waals surface area contributed by atoms with Crippen molar-refractivity contribution in [3.63, 3.8) is 0 Å². The number of thiophene rings is 1. The van der Waals surface area contributed by atoms with Crippen LogP contribution in [-0.4, -0.2) is 0 Å². The van der Waals surface area contributed by atoms with Crippen molar-refractivity contribution in [3.8, 4) is 44.5 Å². The van der Waals surface area contributed by atoms with Gasteiger partial charge in [0.1, 0.15) is 0 Å². The molecule has 1 heterocycles. The first-order valence-electron chi connectivity index (χ1n) is 24.5. The molecule has 0 atom stereocenters. The highest BCUT2D eigenvalue weighted by atomic mass is 32.1. The number of hydrogen-bond acceptors (Lipinski definition) is 2. The Morgan fingerprint density at radius 3 is 1.59 bits per heavy atom. The molecule has 0 spiro atoms. The van der Waals surface area contributed by atoms with Crippen LogP contribution in [0.5, 0.6) is 0 Å². The third-order valence-corrected chi connectivity index (χ3v) is 16.2. The number of fused-ring (bicyclic) bond motifs is 8. The summed E-state index contributed by atoms with van der Waals surface area (Å²) in [5.74, 6) is 0. The Morgan fingerprint density at radius 2 is 0.845 bits per heavy atom. The van der Waals surface area contributed by atoms with Crippen molar-refractivity contribution in [1.82, 2.24) is 0 Å². The smallest absolute Gasteiger partial charge is 0.0713 e. The lowest BCUT2D eigenvalue weighted by Crippen LogP contribution is -2.28. The quantitative estimate of drug-likeness (QED) is 0.147. The summed E-state index contributed by atoms with van der Waals surface area (Å²) >= 11 is 1.89. The summed E-state index contributed by atoms with van der Waals surface area (Å²) < 4.78 is 2.56. The average Bonchev–Trinajstić information content (AvgIpc) is 3.98. The van der Waals surface area contributed by atoms with Gasteiger partial charge in [0.2, 0.25) is 0 Å². The van der Waals surface area contributed by atoms with E-state index >= 15 is 0 Å². The van der Waals surface area contributed by atoms with E-state index in [0.717, 1.165) is 22.6 Å². The average molecular weight is 920 g/mol. The third-order valence-electron chi connectivity index (χ3n) is 14.9. The Kier molecular flexibility index (Phi) is 9.69. The van der Waals surface area contributed by atoms with Crippen LogP contribution in [0.2, 0.25) is 0 Å². The van der Waals surface area contributed by atoms with Crippen molar-refractivity contribution in [2.24, 2.45) is 0 Å². The van der Waals surface area contributed by atoms with Gasteiger partial charge >= 0.3 is 0 Å². The molecule has 2 heteroatoms. The Morgan fingerprint density at radius 1 is 0.310 bits per heavy atom. The van der Waals surface area contributed by atoms with E-state index in [2.05, 4.69) is 278 Å². The van der Waals surface area contributed by atoms with Crippen LogP contribution in [0.1, 0.15) is 22.3 Å². The second-order valence-corrected chi connectivity index (χ2v) is 19.8. The number of benzene rings is 12. The van der Waals surface area contributed by atoms with Crippen LogP contribution in [0, 0.1) is 0 Å². The molecule has 1 nitrogen and oxygen atoms in total. The summed E-state index contributed by atoms with van der Waals surface area (Å²) in [6.45, 7) is 0. The lowest BCUT2D eigenvalue weighted by molar-refractivity contribution is 0.769. The van der Waals surface area contributed by atoms with E-state index in [0.29, 0.717) is 0 Å². The zero-order valence-corrected chi connectivity index (χ0v) is 39.7. The molecule has 0 fully saturated rings. The van der Waals surface area contributed by atoms with E-state index in [9.17, 15) is 0 Å². The number of nitrogens with zero attached hydrogens (tertiary/aromatic N) is 1. The molecule has 0 saturated carbocycles. The second-order valence-electron chi connectivity index (χ2n) is 18.7.